The number of unbranched alkanes of at least 4 members (excludes halogenated alkanes) is 1. The van der Waals surface area contributed by atoms with Gasteiger partial charge in [-0.2, -0.15) is 0 Å². The maximum absolute atomic E-state index is 12.0. The Morgan fingerprint density at radius 1 is 1.10 bits per heavy atom. The predicted molar refractivity (Wildman–Crippen MR) is 75.9 cm³/mol. The first kappa shape index (κ1) is 18.4. The number of rotatable bonds is 8. The van der Waals surface area contributed by atoms with Gasteiger partial charge in [0, 0.05) is 6.92 Å². The highest BCUT2D eigenvalue weighted by atomic mass is 16.5. The molecule has 2 amide bonds. The normalized spacial score (nSPS) is 13.5. The maximum Gasteiger partial charge on any atom is 0.328 e. The lowest BCUT2D eigenvalue weighted by atomic mass is 10.0. The lowest BCUT2D eigenvalue weighted by Crippen LogP contribution is -2.52. The number of amides is 2. The molecule has 116 valence electrons. The largest absolute Gasteiger partial charge is 0.464 e. The van der Waals surface area contributed by atoms with E-state index in [4.69, 9.17) is 4.74 Å². The summed E-state index contributed by atoms with van der Waals surface area (Å²) in [6, 6.07) is -1.38. The Balaban J connectivity index is 4.40. The predicted octanol–water partition coefficient (Wildman–Crippen LogP) is 0.995. The molecule has 0 bridgehead atoms. The molecule has 0 aliphatic carbocycles. The highest BCUT2D eigenvalue weighted by molar-refractivity contribution is 5.90. The van der Waals surface area contributed by atoms with E-state index in [1.165, 1.54) is 6.92 Å². The van der Waals surface area contributed by atoms with E-state index in [0.717, 1.165) is 12.8 Å². The first-order valence-corrected chi connectivity index (χ1v) is 7.03. The Morgan fingerprint density at radius 3 is 2.15 bits per heavy atom. The van der Waals surface area contributed by atoms with Gasteiger partial charge < -0.3 is 15.4 Å². The van der Waals surface area contributed by atoms with Gasteiger partial charge in [0.15, 0.2) is 0 Å². The molecule has 0 saturated heterocycles. The minimum atomic E-state index is -0.727. The van der Waals surface area contributed by atoms with E-state index in [1.807, 2.05) is 20.8 Å². The van der Waals surface area contributed by atoms with Crippen LogP contribution in [0.25, 0.3) is 0 Å². The lowest BCUT2D eigenvalue weighted by Gasteiger charge is -2.22. The number of nitrogens with one attached hydrogen (secondary N) is 2. The van der Waals surface area contributed by atoms with Gasteiger partial charge in [0.25, 0.3) is 0 Å². The van der Waals surface area contributed by atoms with Crippen molar-refractivity contribution in [1.82, 2.24) is 10.6 Å². The third kappa shape index (κ3) is 7.11. The average molecular weight is 286 g/mol. The van der Waals surface area contributed by atoms with Gasteiger partial charge in [-0.1, -0.05) is 27.2 Å². The van der Waals surface area contributed by atoms with Crippen molar-refractivity contribution in [3.8, 4) is 0 Å². The van der Waals surface area contributed by atoms with Crippen LogP contribution < -0.4 is 10.6 Å². The van der Waals surface area contributed by atoms with Gasteiger partial charge in [-0.25, -0.2) is 4.79 Å². The van der Waals surface area contributed by atoms with Gasteiger partial charge in [-0.05, 0) is 19.3 Å². The van der Waals surface area contributed by atoms with Crippen LogP contribution in [0.15, 0.2) is 0 Å². The smallest absolute Gasteiger partial charge is 0.328 e. The molecule has 0 aromatic rings. The second kappa shape index (κ2) is 9.34. The summed E-state index contributed by atoms with van der Waals surface area (Å²) in [5.74, 6) is -1.19. The number of carbonyl (C=O) groups excluding carboxylic acids is 3. The summed E-state index contributed by atoms with van der Waals surface area (Å²) < 4.78 is 5.03. The standard InChI is InChI=1S/C14H26N2O4/c1-6-7-8-20-14(19)10(4)15-13(18)12(9(2)3)16-11(5)17/h9-10,12H,6-8H2,1-5H3,(H,15,18)(H,16,17). The van der Waals surface area contributed by atoms with Gasteiger partial charge in [0.2, 0.25) is 11.8 Å². The summed E-state index contributed by atoms with van der Waals surface area (Å²) in [5, 5.41) is 5.14. The monoisotopic (exact) mass is 286 g/mol. The van der Waals surface area contributed by atoms with Gasteiger partial charge >= 0.3 is 5.97 Å². The third-order valence-corrected chi connectivity index (χ3v) is 2.76. The Bertz CT molecular complexity index is 342. The van der Waals surface area contributed by atoms with Crippen molar-refractivity contribution in [3.63, 3.8) is 0 Å². The van der Waals surface area contributed by atoms with Crippen molar-refractivity contribution in [2.24, 2.45) is 5.92 Å². The zero-order chi connectivity index (χ0) is 15.7. The molecule has 0 aliphatic rings. The molecule has 0 rings (SSSR count). The lowest BCUT2D eigenvalue weighted by molar-refractivity contribution is -0.147. The van der Waals surface area contributed by atoms with Crippen molar-refractivity contribution in [2.45, 2.75) is 59.5 Å². The number of carbonyl (C=O) groups is 3. The van der Waals surface area contributed by atoms with E-state index in [2.05, 4.69) is 10.6 Å². The fraction of sp³-hybridized carbons (Fsp3) is 0.786. The summed E-state index contributed by atoms with van der Waals surface area (Å²) in [6.07, 6.45) is 1.74. The molecule has 0 aliphatic heterocycles. The van der Waals surface area contributed by atoms with Gasteiger partial charge in [-0.3, -0.25) is 9.59 Å². The molecule has 2 N–H and O–H groups in total. The van der Waals surface area contributed by atoms with Crippen molar-refractivity contribution in [2.75, 3.05) is 6.61 Å². The van der Waals surface area contributed by atoms with E-state index in [-0.39, 0.29) is 17.7 Å². The minimum Gasteiger partial charge on any atom is -0.464 e. The fourth-order valence-electron chi connectivity index (χ4n) is 1.56. The Hall–Kier alpha value is -1.59. The summed E-state index contributed by atoms with van der Waals surface area (Å²) >= 11 is 0. The highest BCUT2D eigenvalue weighted by Gasteiger charge is 2.26. The molecule has 0 heterocycles. The molecule has 6 nitrogen and oxygen atoms in total. The van der Waals surface area contributed by atoms with Crippen LogP contribution in [0.3, 0.4) is 0 Å². The molecular formula is C14H26N2O4. The van der Waals surface area contributed by atoms with Crippen LogP contribution in [-0.2, 0) is 19.1 Å². The molecule has 0 aromatic heterocycles. The maximum atomic E-state index is 12.0. The highest BCUT2D eigenvalue weighted by Crippen LogP contribution is 2.03. The zero-order valence-electron chi connectivity index (χ0n) is 13.0. The molecular weight excluding hydrogens is 260 g/mol. The molecule has 0 radical (unpaired) electrons. The average Bonchev–Trinajstić information content (AvgIpc) is 2.35. The first-order chi connectivity index (χ1) is 9.29. The van der Waals surface area contributed by atoms with Crippen molar-refractivity contribution < 1.29 is 19.1 Å². The van der Waals surface area contributed by atoms with Gasteiger partial charge in [0.1, 0.15) is 12.1 Å². The zero-order valence-corrected chi connectivity index (χ0v) is 13.0. The van der Waals surface area contributed by atoms with Crippen LogP contribution in [0.2, 0.25) is 0 Å². The molecule has 0 saturated carbocycles. The van der Waals surface area contributed by atoms with E-state index in [1.54, 1.807) is 6.92 Å². The summed E-state index contributed by atoms with van der Waals surface area (Å²) in [4.78, 5) is 34.7. The van der Waals surface area contributed by atoms with Gasteiger partial charge in [0.05, 0.1) is 6.61 Å². The molecule has 6 heteroatoms. The molecule has 20 heavy (non-hydrogen) atoms. The van der Waals surface area contributed by atoms with Crippen LogP contribution in [0.1, 0.15) is 47.5 Å². The second-order valence-corrected chi connectivity index (χ2v) is 5.17. The van der Waals surface area contributed by atoms with Crippen LogP contribution >= 0.6 is 0 Å². The Morgan fingerprint density at radius 2 is 1.70 bits per heavy atom. The third-order valence-electron chi connectivity index (χ3n) is 2.76. The van der Waals surface area contributed by atoms with E-state index >= 15 is 0 Å². The van der Waals surface area contributed by atoms with Crippen molar-refractivity contribution in [3.05, 3.63) is 0 Å². The molecule has 0 fully saturated rings. The first-order valence-electron chi connectivity index (χ1n) is 7.03. The van der Waals surface area contributed by atoms with E-state index < -0.39 is 18.1 Å². The van der Waals surface area contributed by atoms with Gasteiger partial charge in [-0.15, -0.1) is 0 Å². The Kier molecular flexibility index (Phi) is 8.59. The SMILES string of the molecule is CCCCOC(=O)C(C)NC(=O)C(NC(C)=O)C(C)C. The van der Waals surface area contributed by atoms with Crippen LogP contribution in [0, 0.1) is 5.92 Å². The topological polar surface area (TPSA) is 84.5 Å². The Labute approximate surface area is 120 Å². The number of esters is 1. The summed E-state index contributed by atoms with van der Waals surface area (Å²) in [6.45, 7) is 8.92. The summed E-state index contributed by atoms with van der Waals surface area (Å²) in [7, 11) is 0. The summed E-state index contributed by atoms with van der Waals surface area (Å²) in [5.41, 5.74) is 0. The quantitative estimate of drug-likeness (QED) is 0.515. The fourth-order valence-corrected chi connectivity index (χ4v) is 1.56. The van der Waals surface area contributed by atoms with E-state index in [0.29, 0.717) is 6.61 Å². The van der Waals surface area contributed by atoms with Crippen LogP contribution in [0.4, 0.5) is 0 Å². The number of ether oxygens (including phenoxy) is 1. The van der Waals surface area contributed by atoms with Crippen LogP contribution in [-0.4, -0.2) is 36.5 Å². The van der Waals surface area contributed by atoms with Crippen molar-refractivity contribution >= 4 is 17.8 Å². The molecule has 2 unspecified atom stereocenters. The van der Waals surface area contributed by atoms with Crippen LogP contribution in [0.5, 0.6) is 0 Å². The number of hydrogen-bond donors (Lipinski definition) is 2. The number of hydrogen-bond acceptors (Lipinski definition) is 4. The minimum absolute atomic E-state index is 0.0674. The second-order valence-electron chi connectivity index (χ2n) is 5.17. The van der Waals surface area contributed by atoms with E-state index in [9.17, 15) is 14.4 Å². The molecule has 2 atom stereocenters. The molecule has 0 spiro atoms. The molecule has 0 aromatic carbocycles. The van der Waals surface area contributed by atoms with Crippen molar-refractivity contribution in [1.29, 1.82) is 0 Å².